The first kappa shape index (κ1) is 12.0. The number of benzene rings is 1. The Morgan fingerprint density at radius 2 is 1.95 bits per heavy atom. The van der Waals surface area contributed by atoms with Crippen LogP contribution in [-0.2, 0) is 19.4 Å². The number of imidazole rings is 1. The lowest BCUT2D eigenvalue weighted by molar-refractivity contribution is 0.631. The lowest BCUT2D eigenvalue weighted by Gasteiger charge is -2.12. The summed E-state index contributed by atoms with van der Waals surface area (Å²) < 4.78 is 2.28. The maximum atomic E-state index is 4.67. The van der Waals surface area contributed by atoms with Crippen LogP contribution in [-0.4, -0.2) is 9.55 Å². The Balaban J connectivity index is 1.81. The van der Waals surface area contributed by atoms with Crippen LogP contribution >= 0.6 is 0 Å². The molecule has 19 heavy (non-hydrogen) atoms. The molecule has 96 valence electrons. The fourth-order valence-corrected chi connectivity index (χ4v) is 2.69. The zero-order valence-corrected chi connectivity index (χ0v) is 11.3. The highest BCUT2D eigenvalue weighted by Gasteiger charge is 2.16. The fourth-order valence-electron chi connectivity index (χ4n) is 2.69. The molecular formula is C17H18N2. The van der Waals surface area contributed by atoms with Crippen molar-refractivity contribution in [1.29, 1.82) is 0 Å². The molecule has 1 heterocycles. The van der Waals surface area contributed by atoms with Crippen LogP contribution in [0.1, 0.15) is 35.6 Å². The van der Waals surface area contributed by atoms with Gasteiger partial charge in [-0.1, -0.05) is 30.0 Å². The van der Waals surface area contributed by atoms with Crippen molar-refractivity contribution in [2.24, 2.45) is 0 Å². The fraction of sp³-hybridized carbons (Fsp3) is 0.353. The molecule has 0 aliphatic heterocycles. The zero-order valence-electron chi connectivity index (χ0n) is 11.3. The number of hydrogen-bond acceptors (Lipinski definition) is 1. The second-order valence-corrected chi connectivity index (χ2v) is 5.01. The molecule has 0 unspecified atom stereocenters. The molecule has 0 spiro atoms. The number of aromatic nitrogens is 2. The molecule has 0 amide bonds. The topological polar surface area (TPSA) is 17.8 Å². The normalized spacial score (nSPS) is 13.5. The first-order valence-corrected chi connectivity index (χ1v) is 6.93. The van der Waals surface area contributed by atoms with Gasteiger partial charge in [0.25, 0.3) is 0 Å². The molecule has 1 aromatic carbocycles. The zero-order chi connectivity index (χ0) is 13.1. The van der Waals surface area contributed by atoms with Crippen LogP contribution in [0.5, 0.6) is 0 Å². The molecule has 2 aromatic rings. The Bertz CT molecular complexity index is 627. The molecular weight excluding hydrogens is 232 g/mol. The second kappa shape index (κ2) is 5.32. The van der Waals surface area contributed by atoms with Crippen LogP contribution in [0.3, 0.4) is 0 Å². The number of rotatable bonds is 1. The van der Waals surface area contributed by atoms with Gasteiger partial charge in [-0.15, -0.1) is 0 Å². The third kappa shape index (κ3) is 2.56. The summed E-state index contributed by atoms with van der Waals surface area (Å²) in [6, 6.07) is 10.1. The predicted molar refractivity (Wildman–Crippen MR) is 76.9 cm³/mol. The van der Waals surface area contributed by atoms with E-state index in [-0.39, 0.29) is 0 Å². The van der Waals surface area contributed by atoms with Gasteiger partial charge in [0.05, 0.1) is 12.2 Å². The Kier molecular flexibility index (Phi) is 3.37. The Labute approximate surface area is 114 Å². The van der Waals surface area contributed by atoms with Crippen molar-refractivity contribution in [3.63, 3.8) is 0 Å². The van der Waals surface area contributed by atoms with Crippen LogP contribution in [0.25, 0.3) is 0 Å². The summed E-state index contributed by atoms with van der Waals surface area (Å²) in [7, 11) is 0. The molecule has 1 aliphatic carbocycles. The average molecular weight is 250 g/mol. The Hall–Kier alpha value is -2.01. The Morgan fingerprint density at radius 1 is 1.16 bits per heavy atom. The molecule has 3 rings (SSSR count). The molecule has 0 fully saturated rings. The van der Waals surface area contributed by atoms with Gasteiger partial charge < -0.3 is 4.57 Å². The standard InChI is InChI=1S/C17H18N2/c1-14-18-16-11-5-6-12-17(16)19(14)13-7-10-15-8-3-2-4-9-15/h2-4,8-9H,5-6,11-13H2,1H3. The lowest BCUT2D eigenvalue weighted by atomic mass is 10.0. The highest BCUT2D eigenvalue weighted by atomic mass is 15.1. The monoisotopic (exact) mass is 250 g/mol. The summed E-state index contributed by atoms with van der Waals surface area (Å²) >= 11 is 0. The van der Waals surface area contributed by atoms with Gasteiger partial charge in [-0.25, -0.2) is 4.98 Å². The van der Waals surface area contributed by atoms with Crippen molar-refractivity contribution in [3.8, 4) is 11.8 Å². The van der Waals surface area contributed by atoms with Crippen molar-refractivity contribution in [3.05, 3.63) is 53.1 Å². The van der Waals surface area contributed by atoms with Crippen LogP contribution in [0.15, 0.2) is 30.3 Å². The second-order valence-electron chi connectivity index (χ2n) is 5.01. The van der Waals surface area contributed by atoms with Crippen LogP contribution in [0.2, 0.25) is 0 Å². The minimum Gasteiger partial charge on any atom is -0.320 e. The number of aryl methyl sites for hydroxylation is 2. The first-order chi connectivity index (χ1) is 9.34. The summed E-state index contributed by atoms with van der Waals surface area (Å²) in [4.78, 5) is 4.67. The van der Waals surface area contributed by atoms with Gasteiger partial charge in [0.1, 0.15) is 5.82 Å². The summed E-state index contributed by atoms with van der Waals surface area (Å²) in [5, 5.41) is 0. The quantitative estimate of drug-likeness (QED) is 0.711. The van der Waals surface area contributed by atoms with E-state index in [1.807, 2.05) is 30.3 Å². The van der Waals surface area contributed by atoms with Gasteiger partial charge in [-0.3, -0.25) is 0 Å². The molecule has 1 aromatic heterocycles. The van der Waals surface area contributed by atoms with E-state index in [0.717, 1.165) is 30.8 Å². The van der Waals surface area contributed by atoms with Crippen molar-refractivity contribution in [1.82, 2.24) is 9.55 Å². The third-order valence-corrected chi connectivity index (χ3v) is 3.67. The number of fused-ring (bicyclic) bond motifs is 1. The van der Waals surface area contributed by atoms with E-state index >= 15 is 0 Å². The molecule has 2 nitrogen and oxygen atoms in total. The van der Waals surface area contributed by atoms with Crippen molar-refractivity contribution < 1.29 is 0 Å². The highest BCUT2D eigenvalue weighted by Crippen LogP contribution is 2.21. The predicted octanol–water partition coefficient (Wildman–Crippen LogP) is 3.12. The number of nitrogens with zero attached hydrogens (tertiary/aromatic N) is 2. The molecule has 0 N–H and O–H groups in total. The summed E-state index contributed by atoms with van der Waals surface area (Å²) in [6.07, 6.45) is 4.85. The summed E-state index contributed by atoms with van der Waals surface area (Å²) in [6.45, 7) is 2.84. The van der Waals surface area contributed by atoms with Crippen LogP contribution in [0.4, 0.5) is 0 Å². The van der Waals surface area contributed by atoms with Gasteiger partial charge in [0.2, 0.25) is 0 Å². The maximum Gasteiger partial charge on any atom is 0.106 e. The smallest absolute Gasteiger partial charge is 0.106 e. The molecule has 0 saturated carbocycles. The minimum atomic E-state index is 0.753. The molecule has 0 atom stereocenters. The van der Waals surface area contributed by atoms with Gasteiger partial charge in [0, 0.05) is 11.3 Å². The minimum absolute atomic E-state index is 0.753. The molecule has 0 saturated heterocycles. The van der Waals surface area contributed by atoms with E-state index in [1.165, 1.54) is 24.2 Å². The largest absolute Gasteiger partial charge is 0.320 e. The van der Waals surface area contributed by atoms with Gasteiger partial charge in [-0.05, 0) is 44.7 Å². The molecule has 1 aliphatic rings. The van der Waals surface area contributed by atoms with Crippen LogP contribution < -0.4 is 0 Å². The highest BCUT2D eigenvalue weighted by molar-refractivity contribution is 5.34. The Morgan fingerprint density at radius 3 is 2.79 bits per heavy atom. The maximum absolute atomic E-state index is 4.67. The van der Waals surface area contributed by atoms with E-state index in [4.69, 9.17) is 0 Å². The average Bonchev–Trinajstić information content (AvgIpc) is 2.76. The lowest BCUT2D eigenvalue weighted by Crippen LogP contribution is -2.08. The van der Waals surface area contributed by atoms with Gasteiger partial charge in [-0.2, -0.15) is 0 Å². The summed E-state index contributed by atoms with van der Waals surface area (Å²) in [5.74, 6) is 7.59. The van der Waals surface area contributed by atoms with Gasteiger partial charge >= 0.3 is 0 Å². The molecule has 0 radical (unpaired) electrons. The van der Waals surface area contributed by atoms with E-state index in [1.54, 1.807) is 0 Å². The summed E-state index contributed by atoms with van der Waals surface area (Å²) in [5.41, 5.74) is 3.78. The van der Waals surface area contributed by atoms with Crippen molar-refractivity contribution >= 4 is 0 Å². The third-order valence-electron chi connectivity index (χ3n) is 3.67. The van der Waals surface area contributed by atoms with Crippen LogP contribution in [0, 0.1) is 18.8 Å². The number of hydrogen-bond donors (Lipinski definition) is 0. The van der Waals surface area contributed by atoms with Crippen molar-refractivity contribution in [2.75, 3.05) is 0 Å². The van der Waals surface area contributed by atoms with E-state index < -0.39 is 0 Å². The molecule has 2 heteroatoms. The SMILES string of the molecule is Cc1nc2c(n1CC#Cc1ccccc1)CCCC2. The van der Waals surface area contributed by atoms with E-state index in [0.29, 0.717) is 0 Å². The van der Waals surface area contributed by atoms with E-state index in [2.05, 4.69) is 28.3 Å². The first-order valence-electron chi connectivity index (χ1n) is 6.93. The van der Waals surface area contributed by atoms with Crippen molar-refractivity contribution in [2.45, 2.75) is 39.2 Å². The van der Waals surface area contributed by atoms with Gasteiger partial charge in [0.15, 0.2) is 0 Å². The van der Waals surface area contributed by atoms with E-state index in [9.17, 15) is 0 Å². The molecule has 0 bridgehead atoms.